The molecule has 11 heavy (non-hydrogen) atoms. The van der Waals surface area contributed by atoms with Gasteiger partial charge in [0.25, 0.3) is 0 Å². The first-order valence-corrected chi connectivity index (χ1v) is 5.96. The molecule has 2 nitrogen and oxygen atoms in total. The van der Waals surface area contributed by atoms with Gasteiger partial charge in [0.15, 0.2) is 0 Å². The van der Waals surface area contributed by atoms with Gasteiger partial charge in [-0.3, -0.25) is 0 Å². The molecular formula is C8H15O2S. The molecule has 1 saturated heterocycles. The quantitative estimate of drug-likeness (QED) is 0.636. The zero-order valence-electron chi connectivity index (χ0n) is 6.75. The van der Waals surface area contributed by atoms with Crippen LogP contribution >= 0.6 is 0 Å². The third-order valence-corrected chi connectivity index (χ3v) is 4.00. The van der Waals surface area contributed by atoms with E-state index >= 15 is 0 Å². The summed E-state index contributed by atoms with van der Waals surface area (Å²) < 4.78 is 22.0. The molecule has 3 heteroatoms. The normalized spacial score (nSPS) is 25.2. The van der Waals surface area contributed by atoms with Crippen LogP contribution in [0.3, 0.4) is 0 Å². The Balaban J connectivity index is 2.36. The molecule has 1 rings (SSSR count). The van der Waals surface area contributed by atoms with E-state index in [2.05, 4.69) is 6.92 Å². The van der Waals surface area contributed by atoms with Gasteiger partial charge in [0.1, 0.15) is 9.84 Å². The van der Waals surface area contributed by atoms with Crippen LogP contribution in [0.15, 0.2) is 0 Å². The molecular weight excluding hydrogens is 160 g/mol. The van der Waals surface area contributed by atoms with Crippen molar-refractivity contribution in [1.82, 2.24) is 0 Å². The summed E-state index contributed by atoms with van der Waals surface area (Å²) in [5, 5.41) is 0. The van der Waals surface area contributed by atoms with Crippen molar-refractivity contribution in [2.75, 3.05) is 11.5 Å². The van der Waals surface area contributed by atoms with Crippen molar-refractivity contribution < 1.29 is 8.42 Å². The van der Waals surface area contributed by atoms with Gasteiger partial charge >= 0.3 is 0 Å². The van der Waals surface area contributed by atoms with Crippen LogP contribution in [-0.4, -0.2) is 19.9 Å². The Morgan fingerprint density at radius 3 is 2.27 bits per heavy atom. The van der Waals surface area contributed by atoms with Gasteiger partial charge in [0.05, 0.1) is 11.5 Å². The molecule has 0 amide bonds. The molecule has 0 spiro atoms. The predicted molar refractivity (Wildman–Crippen MR) is 46.0 cm³/mol. The molecule has 1 heterocycles. The lowest BCUT2D eigenvalue weighted by Gasteiger charge is -2.20. The van der Waals surface area contributed by atoms with Crippen molar-refractivity contribution >= 4 is 9.84 Å². The first-order chi connectivity index (χ1) is 5.14. The minimum absolute atomic E-state index is 0.400. The Kier molecular flexibility index (Phi) is 2.93. The summed E-state index contributed by atoms with van der Waals surface area (Å²) in [6.07, 6.45) is 3.75. The zero-order valence-corrected chi connectivity index (χ0v) is 7.57. The maximum atomic E-state index is 11.0. The summed E-state index contributed by atoms with van der Waals surface area (Å²) in [5.41, 5.74) is 0. The molecule has 0 atom stereocenters. The number of hydrogen-bond acceptors (Lipinski definition) is 2. The molecule has 65 valence electrons. The van der Waals surface area contributed by atoms with Crippen molar-refractivity contribution in [2.24, 2.45) is 5.92 Å². The summed E-state index contributed by atoms with van der Waals surface area (Å²) in [6, 6.07) is 0. The van der Waals surface area contributed by atoms with Crippen LogP contribution in [0.4, 0.5) is 0 Å². The van der Waals surface area contributed by atoms with E-state index < -0.39 is 9.84 Å². The smallest absolute Gasteiger partial charge is 0.150 e. The summed E-state index contributed by atoms with van der Waals surface area (Å²) in [5.74, 6) is 1.42. The second-order valence-corrected chi connectivity index (χ2v) is 5.54. The van der Waals surface area contributed by atoms with Crippen LogP contribution in [-0.2, 0) is 9.84 Å². The minimum atomic E-state index is -2.65. The van der Waals surface area contributed by atoms with Gasteiger partial charge in [0, 0.05) is 0 Å². The van der Waals surface area contributed by atoms with Crippen molar-refractivity contribution in [1.29, 1.82) is 0 Å². The van der Waals surface area contributed by atoms with Gasteiger partial charge in [-0.25, -0.2) is 8.42 Å². The van der Waals surface area contributed by atoms with E-state index in [0.717, 1.165) is 25.7 Å². The first-order valence-electron chi connectivity index (χ1n) is 4.14. The van der Waals surface area contributed by atoms with Gasteiger partial charge < -0.3 is 0 Å². The van der Waals surface area contributed by atoms with Crippen molar-refractivity contribution in [3.63, 3.8) is 0 Å². The highest BCUT2D eigenvalue weighted by Crippen LogP contribution is 2.22. The van der Waals surface area contributed by atoms with Gasteiger partial charge in [-0.2, -0.15) is 0 Å². The standard InChI is InChI=1S/C8H15O2S/c1-2-3-8-4-6-11(9,10)7-5-8/h8H,1-7H2. The largest absolute Gasteiger partial charge is 0.229 e. The van der Waals surface area contributed by atoms with E-state index in [4.69, 9.17) is 0 Å². The molecule has 0 saturated carbocycles. The Hall–Kier alpha value is -0.0500. The molecule has 0 aromatic carbocycles. The number of sulfone groups is 1. The second-order valence-electron chi connectivity index (χ2n) is 3.24. The van der Waals surface area contributed by atoms with Crippen molar-refractivity contribution in [3.8, 4) is 0 Å². The van der Waals surface area contributed by atoms with Crippen LogP contribution in [0.1, 0.15) is 25.7 Å². The molecule has 1 aliphatic rings. The Morgan fingerprint density at radius 1 is 1.27 bits per heavy atom. The average Bonchev–Trinajstić information content (AvgIpc) is 1.94. The molecule has 1 aliphatic heterocycles. The van der Waals surface area contributed by atoms with E-state index in [-0.39, 0.29) is 0 Å². The third-order valence-electron chi connectivity index (χ3n) is 2.29. The van der Waals surface area contributed by atoms with Gasteiger partial charge in [0.2, 0.25) is 0 Å². The summed E-state index contributed by atoms with van der Waals surface area (Å²) in [6.45, 7) is 3.77. The second kappa shape index (κ2) is 3.57. The Morgan fingerprint density at radius 2 is 1.82 bits per heavy atom. The van der Waals surface area contributed by atoms with E-state index in [1.165, 1.54) is 0 Å². The maximum absolute atomic E-state index is 11.0. The third kappa shape index (κ3) is 2.81. The lowest BCUT2D eigenvalue weighted by Crippen LogP contribution is -2.23. The molecule has 0 unspecified atom stereocenters. The lowest BCUT2D eigenvalue weighted by molar-refractivity contribution is 0.438. The average molecular weight is 175 g/mol. The fourth-order valence-corrected chi connectivity index (χ4v) is 3.11. The van der Waals surface area contributed by atoms with Crippen LogP contribution < -0.4 is 0 Å². The Bertz CT molecular complexity index is 192. The highest BCUT2D eigenvalue weighted by atomic mass is 32.2. The predicted octanol–water partition coefficient (Wildman–Crippen LogP) is 1.43. The summed E-state index contributed by atoms with van der Waals surface area (Å²) in [4.78, 5) is 0. The SMILES string of the molecule is [CH2]CCC1CCS(=O)(=O)CC1. The first kappa shape index (κ1) is 9.04. The number of rotatable bonds is 2. The van der Waals surface area contributed by atoms with Gasteiger partial charge in [-0.05, 0) is 18.8 Å². The van der Waals surface area contributed by atoms with E-state index in [1.54, 1.807) is 0 Å². The van der Waals surface area contributed by atoms with Crippen LogP contribution in [0.2, 0.25) is 0 Å². The molecule has 0 aromatic heterocycles. The van der Waals surface area contributed by atoms with Crippen LogP contribution in [0.25, 0.3) is 0 Å². The topological polar surface area (TPSA) is 34.1 Å². The molecule has 0 aliphatic carbocycles. The van der Waals surface area contributed by atoms with E-state index in [0.29, 0.717) is 17.4 Å². The summed E-state index contributed by atoms with van der Waals surface area (Å²) in [7, 11) is -2.65. The molecule has 0 N–H and O–H groups in total. The van der Waals surface area contributed by atoms with Crippen molar-refractivity contribution in [2.45, 2.75) is 25.7 Å². The van der Waals surface area contributed by atoms with Gasteiger partial charge in [-0.15, -0.1) is 0 Å². The van der Waals surface area contributed by atoms with Crippen LogP contribution in [0, 0.1) is 12.8 Å². The lowest BCUT2D eigenvalue weighted by atomic mass is 9.98. The molecule has 0 aromatic rings. The number of hydrogen-bond donors (Lipinski definition) is 0. The van der Waals surface area contributed by atoms with Crippen molar-refractivity contribution in [3.05, 3.63) is 6.92 Å². The molecule has 1 radical (unpaired) electrons. The van der Waals surface area contributed by atoms with E-state index in [1.807, 2.05) is 0 Å². The highest BCUT2D eigenvalue weighted by molar-refractivity contribution is 7.91. The zero-order chi connectivity index (χ0) is 8.32. The van der Waals surface area contributed by atoms with E-state index in [9.17, 15) is 8.42 Å². The molecule has 0 bridgehead atoms. The summed E-state index contributed by atoms with van der Waals surface area (Å²) >= 11 is 0. The Labute approximate surface area is 68.9 Å². The molecule has 1 fully saturated rings. The van der Waals surface area contributed by atoms with Gasteiger partial charge in [-0.1, -0.05) is 19.8 Å². The van der Waals surface area contributed by atoms with Crippen LogP contribution in [0.5, 0.6) is 0 Å². The fourth-order valence-electron chi connectivity index (χ4n) is 1.52. The maximum Gasteiger partial charge on any atom is 0.150 e. The fraction of sp³-hybridized carbons (Fsp3) is 0.875. The highest BCUT2D eigenvalue weighted by Gasteiger charge is 2.22. The minimum Gasteiger partial charge on any atom is -0.229 e. The monoisotopic (exact) mass is 175 g/mol.